The van der Waals surface area contributed by atoms with Crippen LogP contribution in [0.25, 0.3) is 0 Å². The largest absolute Gasteiger partial charge is 0.348 e. The van der Waals surface area contributed by atoms with Crippen molar-refractivity contribution >= 4 is 29.9 Å². The zero-order valence-corrected chi connectivity index (χ0v) is 11.0. The Morgan fingerprint density at radius 2 is 1.94 bits per heavy atom. The third-order valence-corrected chi connectivity index (χ3v) is 2.54. The molecule has 0 atom stereocenters. The van der Waals surface area contributed by atoms with Crippen molar-refractivity contribution in [3.63, 3.8) is 0 Å². The molecule has 1 amide bonds. The molecule has 5 heteroatoms. The summed E-state index contributed by atoms with van der Waals surface area (Å²) in [4.78, 5) is 15.6. The van der Waals surface area contributed by atoms with E-state index in [1.807, 2.05) is 12.1 Å². The minimum atomic E-state index is -0.131. The molecule has 2 rings (SSSR count). The molecule has 1 aromatic carbocycles. The van der Waals surface area contributed by atoms with Gasteiger partial charge in [0.25, 0.3) is 5.91 Å². The van der Waals surface area contributed by atoms with Gasteiger partial charge in [-0.2, -0.15) is 0 Å². The van der Waals surface area contributed by atoms with Crippen molar-refractivity contribution in [2.45, 2.75) is 6.54 Å². The van der Waals surface area contributed by atoms with Crippen LogP contribution in [0.3, 0.4) is 0 Å². The van der Waals surface area contributed by atoms with Gasteiger partial charge in [0, 0.05) is 24.0 Å². The number of amides is 1. The normalized spacial score (nSPS) is 9.39. The first-order chi connectivity index (χ1) is 8.25. The Hall–Kier alpha value is -1.58. The van der Waals surface area contributed by atoms with Gasteiger partial charge in [0.2, 0.25) is 0 Å². The lowest BCUT2D eigenvalue weighted by Gasteiger charge is -2.05. The van der Waals surface area contributed by atoms with Crippen molar-refractivity contribution in [3.05, 3.63) is 64.9 Å². The summed E-state index contributed by atoms with van der Waals surface area (Å²) >= 11 is 5.77. The van der Waals surface area contributed by atoms with Gasteiger partial charge in [0.1, 0.15) is 0 Å². The maximum atomic E-state index is 11.7. The molecule has 3 nitrogen and oxygen atoms in total. The predicted octanol–water partition coefficient (Wildman–Crippen LogP) is 3.09. The Morgan fingerprint density at radius 1 is 1.22 bits per heavy atom. The van der Waals surface area contributed by atoms with Gasteiger partial charge in [0.05, 0.1) is 5.56 Å². The van der Waals surface area contributed by atoms with Crippen LogP contribution in [0.4, 0.5) is 0 Å². The smallest absolute Gasteiger partial charge is 0.253 e. The van der Waals surface area contributed by atoms with Crippen molar-refractivity contribution in [2.75, 3.05) is 0 Å². The van der Waals surface area contributed by atoms with Crippen LogP contribution in [0.5, 0.6) is 0 Å². The molecular weight excluding hydrogens is 271 g/mol. The van der Waals surface area contributed by atoms with Crippen molar-refractivity contribution in [1.82, 2.24) is 10.3 Å². The third-order valence-electron chi connectivity index (χ3n) is 2.29. The number of hydrogen-bond acceptors (Lipinski definition) is 2. The van der Waals surface area contributed by atoms with E-state index < -0.39 is 0 Å². The summed E-state index contributed by atoms with van der Waals surface area (Å²) in [5.74, 6) is -0.131. The van der Waals surface area contributed by atoms with Crippen molar-refractivity contribution in [2.24, 2.45) is 0 Å². The van der Waals surface area contributed by atoms with Crippen LogP contribution < -0.4 is 5.32 Å². The Balaban J connectivity index is 0.00000162. The van der Waals surface area contributed by atoms with E-state index in [0.717, 1.165) is 5.56 Å². The lowest BCUT2D eigenvalue weighted by atomic mass is 10.2. The number of rotatable bonds is 3. The predicted molar refractivity (Wildman–Crippen MR) is 74.1 cm³/mol. The van der Waals surface area contributed by atoms with Crippen molar-refractivity contribution in [1.29, 1.82) is 0 Å². The molecule has 1 aromatic heterocycles. The van der Waals surface area contributed by atoms with E-state index in [9.17, 15) is 4.79 Å². The summed E-state index contributed by atoms with van der Waals surface area (Å²) in [5, 5.41) is 3.50. The molecule has 0 aliphatic heterocycles. The SMILES string of the molecule is Cl.O=C(NCc1ccc(Cl)cc1)c1cccnc1. The van der Waals surface area contributed by atoms with Gasteiger partial charge >= 0.3 is 0 Å². The number of pyridine rings is 1. The highest BCUT2D eigenvalue weighted by atomic mass is 35.5. The van der Waals surface area contributed by atoms with Crippen LogP contribution in [0.15, 0.2) is 48.8 Å². The van der Waals surface area contributed by atoms with Crippen LogP contribution in [-0.2, 0) is 6.54 Å². The Morgan fingerprint density at radius 3 is 2.56 bits per heavy atom. The highest BCUT2D eigenvalue weighted by Gasteiger charge is 2.04. The summed E-state index contributed by atoms with van der Waals surface area (Å²) in [6, 6.07) is 10.8. The van der Waals surface area contributed by atoms with Gasteiger partial charge < -0.3 is 5.32 Å². The number of hydrogen-bond donors (Lipinski definition) is 1. The molecule has 0 saturated heterocycles. The van der Waals surface area contributed by atoms with E-state index in [-0.39, 0.29) is 18.3 Å². The average molecular weight is 283 g/mol. The molecule has 0 radical (unpaired) electrons. The molecule has 0 aliphatic rings. The summed E-state index contributed by atoms with van der Waals surface area (Å²) in [7, 11) is 0. The van der Waals surface area contributed by atoms with Crippen molar-refractivity contribution < 1.29 is 4.79 Å². The number of aromatic nitrogens is 1. The third kappa shape index (κ3) is 4.02. The number of carbonyl (C=O) groups excluding carboxylic acids is 1. The van der Waals surface area contributed by atoms with Crippen LogP contribution in [0, 0.1) is 0 Å². The molecule has 0 fully saturated rings. The van der Waals surface area contributed by atoms with Gasteiger partial charge in [0.15, 0.2) is 0 Å². The fourth-order valence-electron chi connectivity index (χ4n) is 1.38. The molecule has 2 aromatic rings. The maximum absolute atomic E-state index is 11.7. The number of halogens is 2. The summed E-state index contributed by atoms with van der Waals surface area (Å²) in [5.41, 5.74) is 1.56. The Kier molecular flexibility index (Phi) is 5.62. The second kappa shape index (κ2) is 6.99. The molecular formula is C13H12Cl2N2O. The Labute approximate surface area is 117 Å². The van der Waals surface area contributed by atoms with Gasteiger partial charge in [-0.1, -0.05) is 23.7 Å². The lowest BCUT2D eigenvalue weighted by Crippen LogP contribution is -2.22. The topological polar surface area (TPSA) is 42.0 Å². The first-order valence-corrected chi connectivity index (χ1v) is 5.56. The molecule has 0 unspecified atom stereocenters. The fraction of sp³-hybridized carbons (Fsp3) is 0.0769. The molecule has 0 bridgehead atoms. The molecule has 94 valence electrons. The van der Waals surface area contributed by atoms with E-state index >= 15 is 0 Å². The minimum absolute atomic E-state index is 0. The molecule has 18 heavy (non-hydrogen) atoms. The summed E-state index contributed by atoms with van der Waals surface area (Å²) in [6.07, 6.45) is 3.17. The van der Waals surface area contributed by atoms with Gasteiger partial charge in [-0.05, 0) is 29.8 Å². The van der Waals surface area contributed by atoms with Crippen LogP contribution in [0.1, 0.15) is 15.9 Å². The highest BCUT2D eigenvalue weighted by Crippen LogP contribution is 2.09. The number of benzene rings is 1. The van der Waals surface area contributed by atoms with E-state index in [2.05, 4.69) is 10.3 Å². The number of carbonyl (C=O) groups is 1. The maximum Gasteiger partial charge on any atom is 0.253 e. The molecule has 0 spiro atoms. The average Bonchev–Trinajstić information content (AvgIpc) is 2.39. The summed E-state index contributed by atoms with van der Waals surface area (Å²) in [6.45, 7) is 0.477. The zero-order valence-electron chi connectivity index (χ0n) is 9.47. The van der Waals surface area contributed by atoms with Crippen molar-refractivity contribution in [3.8, 4) is 0 Å². The van der Waals surface area contributed by atoms with Gasteiger partial charge in [-0.25, -0.2) is 0 Å². The van der Waals surface area contributed by atoms with E-state index in [1.54, 1.807) is 30.5 Å². The standard InChI is InChI=1S/C13H11ClN2O.ClH/c14-12-5-3-10(4-6-12)8-16-13(17)11-2-1-7-15-9-11;/h1-7,9H,8H2,(H,16,17);1H. The molecule has 1 N–H and O–H groups in total. The molecule has 1 heterocycles. The first-order valence-electron chi connectivity index (χ1n) is 5.18. The first kappa shape index (κ1) is 14.5. The van der Waals surface area contributed by atoms with E-state index in [0.29, 0.717) is 17.1 Å². The van der Waals surface area contributed by atoms with Crippen LogP contribution >= 0.6 is 24.0 Å². The zero-order chi connectivity index (χ0) is 12.1. The number of nitrogens with one attached hydrogen (secondary N) is 1. The molecule has 0 aliphatic carbocycles. The monoisotopic (exact) mass is 282 g/mol. The van der Waals surface area contributed by atoms with Gasteiger partial charge in [-0.3, -0.25) is 9.78 Å². The molecule has 0 saturated carbocycles. The van der Waals surface area contributed by atoms with Crippen LogP contribution in [-0.4, -0.2) is 10.9 Å². The highest BCUT2D eigenvalue weighted by molar-refractivity contribution is 6.30. The van der Waals surface area contributed by atoms with E-state index in [1.165, 1.54) is 6.20 Å². The van der Waals surface area contributed by atoms with E-state index in [4.69, 9.17) is 11.6 Å². The minimum Gasteiger partial charge on any atom is -0.348 e. The summed E-state index contributed by atoms with van der Waals surface area (Å²) < 4.78 is 0. The Bertz CT molecular complexity index is 500. The van der Waals surface area contributed by atoms with Crippen LogP contribution in [0.2, 0.25) is 5.02 Å². The quantitative estimate of drug-likeness (QED) is 0.940. The fourth-order valence-corrected chi connectivity index (χ4v) is 1.51. The van der Waals surface area contributed by atoms with Gasteiger partial charge in [-0.15, -0.1) is 12.4 Å². The number of nitrogens with zero attached hydrogens (tertiary/aromatic N) is 1. The second-order valence-corrected chi connectivity index (χ2v) is 3.99. The lowest BCUT2D eigenvalue weighted by molar-refractivity contribution is 0.0950. The second-order valence-electron chi connectivity index (χ2n) is 3.55.